The van der Waals surface area contributed by atoms with Gasteiger partial charge in [-0.25, -0.2) is 0 Å². The number of carbonyl (C=O) groups excluding carboxylic acids is 1. The summed E-state index contributed by atoms with van der Waals surface area (Å²) in [6.07, 6.45) is 1.19. The standard InChI is InChI=1S/C15H20N2OS2/c1-15(2)6-11(7-19-9-15)16-10-3-4-13-12(5-10)17-14(18)8-20-13/h3-5,11,16H,6-9H2,1-2H3,(H,17,18). The fraction of sp³-hybridized carbons (Fsp3) is 0.533. The van der Waals surface area contributed by atoms with E-state index < -0.39 is 0 Å². The molecular weight excluding hydrogens is 288 g/mol. The summed E-state index contributed by atoms with van der Waals surface area (Å²) >= 11 is 3.63. The molecule has 1 aromatic carbocycles. The maximum Gasteiger partial charge on any atom is 0.234 e. The third-order valence-electron chi connectivity index (χ3n) is 3.59. The molecule has 1 aromatic rings. The largest absolute Gasteiger partial charge is 0.381 e. The molecule has 3 nitrogen and oxygen atoms in total. The number of hydrogen-bond donors (Lipinski definition) is 2. The Morgan fingerprint density at radius 1 is 1.40 bits per heavy atom. The second kappa shape index (κ2) is 5.53. The minimum absolute atomic E-state index is 0.0917. The Morgan fingerprint density at radius 2 is 2.25 bits per heavy atom. The summed E-state index contributed by atoms with van der Waals surface area (Å²) in [5.41, 5.74) is 2.45. The summed E-state index contributed by atoms with van der Waals surface area (Å²) in [4.78, 5) is 12.6. The Kier molecular flexibility index (Phi) is 3.91. The molecule has 2 aliphatic rings. The van der Waals surface area contributed by atoms with Crippen LogP contribution in [-0.4, -0.2) is 29.2 Å². The van der Waals surface area contributed by atoms with Gasteiger partial charge in [0.25, 0.3) is 0 Å². The highest BCUT2D eigenvalue weighted by molar-refractivity contribution is 8.00. The first-order chi connectivity index (χ1) is 9.52. The van der Waals surface area contributed by atoms with Gasteiger partial charge >= 0.3 is 0 Å². The van der Waals surface area contributed by atoms with Gasteiger partial charge in [0.05, 0.1) is 11.4 Å². The summed E-state index contributed by atoms with van der Waals surface area (Å²) < 4.78 is 0. The zero-order chi connectivity index (χ0) is 14.2. The van der Waals surface area contributed by atoms with Gasteiger partial charge in [0.2, 0.25) is 5.91 Å². The van der Waals surface area contributed by atoms with Crippen molar-refractivity contribution < 1.29 is 4.79 Å². The van der Waals surface area contributed by atoms with Crippen LogP contribution in [0, 0.1) is 5.41 Å². The lowest BCUT2D eigenvalue weighted by Crippen LogP contribution is -2.35. The first-order valence-electron chi connectivity index (χ1n) is 6.93. The van der Waals surface area contributed by atoms with Crippen molar-refractivity contribution in [2.45, 2.75) is 31.2 Å². The molecule has 1 fully saturated rings. The van der Waals surface area contributed by atoms with Crippen molar-refractivity contribution in [1.82, 2.24) is 0 Å². The Bertz CT molecular complexity index is 531. The Morgan fingerprint density at radius 3 is 3.05 bits per heavy atom. The van der Waals surface area contributed by atoms with E-state index in [1.54, 1.807) is 11.8 Å². The van der Waals surface area contributed by atoms with Gasteiger partial charge in [-0.1, -0.05) is 13.8 Å². The zero-order valence-electron chi connectivity index (χ0n) is 11.9. The second-order valence-electron chi connectivity index (χ2n) is 6.27. The number of anilines is 2. The normalized spacial score (nSPS) is 24.7. The number of benzene rings is 1. The molecular formula is C15H20N2OS2. The van der Waals surface area contributed by atoms with Gasteiger partial charge < -0.3 is 10.6 Å². The molecule has 5 heteroatoms. The van der Waals surface area contributed by atoms with Crippen LogP contribution < -0.4 is 10.6 Å². The molecule has 2 N–H and O–H groups in total. The van der Waals surface area contributed by atoms with E-state index in [0.29, 0.717) is 17.2 Å². The van der Waals surface area contributed by atoms with Crippen molar-refractivity contribution in [2.75, 3.05) is 27.9 Å². The molecule has 108 valence electrons. The van der Waals surface area contributed by atoms with Crippen molar-refractivity contribution in [3.05, 3.63) is 18.2 Å². The van der Waals surface area contributed by atoms with Crippen molar-refractivity contribution >= 4 is 40.8 Å². The van der Waals surface area contributed by atoms with E-state index in [1.807, 2.05) is 11.8 Å². The van der Waals surface area contributed by atoms with Crippen LogP contribution in [-0.2, 0) is 4.79 Å². The minimum atomic E-state index is 0.0917. The molecule has 0 bridgehead atoms. The third-order valence-corrected chi connectivity index (χ3v) is 6.29. The zero-order valence-corrected chi connectivity index (χ0v) is 13.5. The topological polar surface area (TPSA) is 41.1 Å². The second-order valence-corrected chi connectivity index (χ2v) is 8.32. The molecule has 3 rings (SSSR count). The Labute approximate surface area is 128 Å². The summed E-state index contributed by atoms with van der Waals surface area (Å²) in [7, 11) is 0. The molecule has 0 radical (unpaired) electrons. The Balaban J connectivity index is 1.72. The summed E-state index contributed by atoms with van der Waals surface area (Å²) in [5, 5.41) is 6.57. The van der Waals surface area contributed by atoms with E-state index in [4.69, 9.17) is 0 Å². The van der Waals surface area contributed by atoms with Crippen LogP contribution >= 0.6 is 23.5 Å². The molecule has 0 saturated carbocycles. The minimum Gasteiger partial charge on any atom is -0.381 e. The third kappa shape index (κ3) is 3.26. The molecule has 1 atom stereocenters. The van der Waals surface area contributed by atoms with Crippen LogP contribution in [0.1, 0.15) is 20.3 Å². The first-order valence-corrected chi connectivity index (χ1v) is 9.07. The van der Waals surface area contributed by atoms with Gasteiger partial charge in [0.1, 0.15) is 0 Å². The smallest absolute Gasteiger partial charge is 0.234 e. The highest BCUT2D eigenvalue weighted by atomic mass is 32.2. The average Bonchev–Trinajstić information content (AvgIpc) is 2.37. The predicted octanol–water partition coefficient (Wildman–Crippen LogP) is 3.67. The van der Waals surface area contributed by atoms with Gasteiger partial charge in [-0.15, -0.1) is 11.8 Å². The molecule has 20 heavy (non-hydrogen) atoms. The number of hydrogen-bond acceptors (Lipinski definition) is 4. The fourth-order valence-corrected chi connectivity index (χ4v) is 4.83. The first kappa shape index (κ1) is 14.1. The van der Waals surface area contributed by atoms with Crippen LogP contribution in [0.5, 0.6) is 0 Å². The Hall–Kier alpha value is -0.810. The number of thioether (sulfide) groups is 2. The van der Waals surface area contributed by atoms with Crippen LogP contribution in [0.4, 0.5) is 11.4 Å². The number of fused-ring (bicyclic) bond motifs is 1. The van der Waals surface area contributed by atoms with E-state index in [-0.39, 0.29) is 5.91 Å². The lowest BCUT2D eigenvalue weighted by atomic mass is 9.88. The lowest BCUT2D eigenvalue weighted by Gasteiger charge is -2.35. The van der Waals surface area contributed by atoms with E-state index in [0.717, 1.165) is 22.0 Å². The van der Waals surface area contributed by atoms with Crippen LogP contribution in [0.25, 0.3) is 0 Å². The van der Waals surface area contributed by atoms with Crippen LogP contribution in [0.15, 0.2) is 23.1 Å². The molecule has 1 amide bonds. The van der Waals surface area contributed by atoms with E-state index in [1.165, 1.54) is 12.2 Å². The molecule has 1 unspecified atom stereocenters. The maximum absolute atomic E-state index is 11.5. The summed E-state index contributed by atoms with van der Waals surface area (Å²) in [6, 6.07) is 6.79. The number of nitrogens with one attached hydrogen (secondary N) is 2. The van der Waals surface area contributed by atoms with Crippen molar-refractivity contribution in [2.24, 2.45) is 5.41 Å². The monoisotopic (exact) mass is 308 g/mol. The quantitative estimate of drug-likeness (QED) is 0.874. The number of amides is 1. The van der Waals surface area contributed by atoms with Crippen molar-refractivity contribution in [3.8, 4) is 0 Å². The van der Waals surface area contributed by atoms with Crippen molar-refractivity contribution in [3.63, 3.8) is 0 Å². The molecule has 1 saturated heterocycles. The van der Waals surface area contributed by atoms with Gasteiger partial charge in [-0.3, -0.25) is 4.79 Å². The molecule has 2 heterocycles. The number of carbonyl (C=O) groups is 1. The maximum atomic E-state index is 11.5. The highest BCUT2D eigenvalue weighted by Crippen LogP contribution is 2.37. The molecule has 0 spiro atoms. The van der Waals surface area contributed by atoms with Crippen LogP contribution in [0.2, 0.25) is 0 Å². The van der Waals surface area contributed by atoms with Gasteiger partial charge in [-0.05, 0) is 35.8 Å². The fourth-order valence-electron chi connectivity index (χ4n) is 2.76. The van der Waals surface area contributed by atoms with Crippen LogP contribution in [0.3, 0.4) is 0 Å². The summed E-state index contributed by atoms with van der Waals surface area (Å²) in [6.45, 7) is 4.66. The summed E-state index contributed by atoms with van der Waals surface area (Å²) in [5.74, 6) is 3.01. The number of rotatable bonds is 2. The SMILES string of the molecule is CC1(C)CSCC(Nc2ccc3c(c2)NC(=O)CS3)C1. The molecule has 0 aromatic heterocycles. The van der Waals surface area contributed by atoms with Gasteiger partial charge in [-0.2, -0.15) is 11.8 Å². The average molecular weight is 308 g/mol. The predicted molar refractivity (Wildman–Crippen MR) is 88.9 cm³/mol. The van der Waals surface area contributed by atoms with Gasteiger partial charge in [0.15, 0.2) is 0 Å². The van der Waals surface area contributed by atoms with Gasteiger partial charge in [0, 0.05) is 22.4 Å². The van der Waals surface area contributed by atoms with E-state index in [2.05, 4.69) is 42.7 Å². The molecule has 2 aliphatic heterocycles. The van der Waals surface area contributed by atoms with Crippen molar-refractivity contribution in [1.29, 1.82) is 0 Å². The van der Waals surface area contributed by atoms with E-state index >= 15 is 0 Å². The lowest BCUT2D eigenvalue weighted by molar-refractivity contribution is -0.113. The van der Waals surface area contributed by atoms with E-state index in [9.17, 15) is 4.79 Å². The molecule has 0 aliphatic carbocycles. The highest BCUT2D eigenvalue weighted by Gasteiger charge is 2.28.